The molecule has 81 valence electrons. The van der Waals surface area contributed by atoms with Gasteiger partial charge in [-0.3, -0.25) is 4.79 Å². The van der Waals surface area contributed by atoms with E-state index in [-0.39, 0.29) is 0 Å². The Morgan fingerprint density at radius 1 is 1.33 bits per heavy atom. The van der Waals surface area contributed by atoms with Crippen molar-refractivity contribution >= 4 is 5.91 Å². The Balaban J connectivity index is 2.23. The second-order valence-corrected chi connectivity index (χ2v) is 3.03. The minimum atomic E-state index is -2.50. The van der Waals surface area contributed by atoms with E-state index in [1.807, 2.05) is 30.3 Å². The van der Waals surface area contributed by atoms with Gasteiger partial charge in [0.15, 0.2) is 0 Å². The quantitative estimate of drug-likeness (QED) is 0.792. The largest absolute Gasteiger partial charge is 0.350 e. The molecule has 0 unspecified atom stereocenters. The number of nitrogens with one attached hydrogen (secondary N) is 1. The first-order valence-electron chi connectivity index (χ1n) is 4.61. The molecular weight excluding hydrogens is 200 g/mol. The van der Waals surface area contributed by atoms with Crippen molar-refractivity contribution in [3.8, 4) is 0 Å². The fraction of sp³-hybridized carbons (Fsp3) is 0.273. The van der Waals surface area contributed by atoms with Crippen LogP contribution < -0.4 is 5.32 Å². The maximum Gasteiger partial charge on any atom is 0.255 e. The lowest BCUT2D eigenvalue weighted by atomic mass is 10.1. The lowest BCUT2D eigenvalue weighted by Crippen LogP contribution is -2.28. The molecule has 0 saturated heterocycles. The molecule has 15 heavy (non-hydrogen) atoms. The van der Waals surface area contributed by atoms with Gasteiger partial charge in [0.05, 0.1) is 13.0 Å². The molecule has 0 fully saturated rings. The van der Waals surface area contributed by atoms with E-state index in [0.29, 0.717) is 6.42 Å². The third-order valence-electron chi connectivity index (χ3n) is 1.80. The lowest BCUT2D eigenvalue weighted by molar-refractivity contribution is -0.118. The fourth-order valence-corrected chi connectivity index (χ4v) is 1.07. The van der Waals surface area contributed by atoms with Gasteiger partial charge in [-0.15, -0.1) is 0 Å². The second-order valence-electron chi connectivity index (χ2n) is 3.03. The van der Waals surface area contributed by atoms with E-state index >= 15 is 0 Å². The monoisotopic (exact) mass is 212 g/mol. The van der Waals surface area contributed by atoms with Crippen molar-refractivity contribution in [2.75, 3.05) is 6.54 Å². The maximum absolute atomic E-state index is 11.7. The summed E-state index contributed by atoms with van der Waals surface area (Å²) in [4.78, 5) is 11.0. The zero-order chi connectivity index (χ0) is 11.1. The number of rotatable bonds is 5. The third kappa shape index (κ3) is 5.10. The highest BCUT2D eigenvalue weighted by Crippen LogP contribution is 2.01. The smallest absolute Gasteiger partial charge is 0.255 e. The van der Waals surface area contributed by atoms with Crippen LogP contribution in [0, 0.1) is 6.42 Å². The van der Waals surface area contributed by atoms with E-state index in [2.05, 4.69) is 5.32 Å². The van der Waals surface area contributed by atoms with Crippen molar-refractivity contribution in [3.63, 3.8) is 0 Å². The highest BCUT2D eigenvalue weighted by molar-refractivity contribution is 5.84. The van der Waals surface area contributed by atoms with Gasteiger partial charge >= 0.3 is 0 Å². The normalized spacial score (nSPS) is 10.3. The van der Waals surface area contributed by atoms with E-state index < -0.39 is 18.9 Å². The summed E-state index contributed by atoms with van der Waals surface area (Å²) < 4.78 is 23.5. The van der Waals surface area contributed by atoms with Crippen LogP contribution in [0.4, 0.5) is 8.78 Å². The van der Waals surface area contributed by atoms with Crippen LogP contribution in [-0.4, -0.2) is 18.9 Å². The third-order valence-corrected chi connectivity index (χ3v) is 1.80. The summed E-state index contributed by atoms with van der Waals surface area (Å²) in [5.74, 6) is -0.459. The Bertz CT molecular complexity index is 301. The summed E-state index contributed by atoms with van der Waals surface area (Å²) in [6.45, 7) is -0.593. The summed E-state index contributed by atoms with van der Waals surface area (Å²) in [5.41, 5.74) is 0.977. The van der Waals surface area contributed by atoms with Gasteiger partial charge in [-0.05, 0) is 12.0 Å². The minimum absolute atomic E-state index is 0.454. The van der Waals surface area contributed by atoms with E-state index in [4.69, 9.17) is 0 Å². The van der Waals surface area contributed by atoms with Crippen LogP contribution in [0.1, 0.15) is 5.56 Å². The van der Waals surface area contributed by atoms with Crippen LogP contribution in [0.3, 0.4) is 0 Å². The first-order valence-corrected chi connectivity index (χ1v) is 4.61. The number of alkyl halides is 2. The first kappa shape index (κ1) is 11.6. The van der Waals surface area contributed by atoms with Crippen LogP contribution in [0.15, 0.2) is 30.3 Å². The molecule has 0 bridgehead atoms. The Hall–Kier alpha value is -1.45. The van der Waals surface area contributed by atoms with Gasteiger partial charge < -0.3 is 5.32 Å². The zero-order valence-corrected chi connectivity index (χ0v) is 8.12. The molecule has 0 saturated carbocycles. The molecule has 1 amide bonds. The van der Waals surface area contributed by atoms with Gasteiger partial charge in [-0.1, -0.05) is 30.3 Å². The van der Waals surface area contributed by atoms with Crippen molar-refractivity contribution in [1.29, 1.82) is 0 Å². The SMILES string of the molecule is O=C([CH]Cc1ccccc1)NCC(F)F. The number of halogens is 2. The van der Waals surface area contributed by atoms with Crippen molar-refractivity contribution in [3.05, 3.63) is 42.3 Å². The highest BCUT2D eigenvalue weighted by Gasteiger charge is 2.06. The van der Waals surface area contributed by atoms with Gasteiger partial charge in [0.1, 0.15) is 0 Å². The van der Waals surface area contributed by atoms with E-state index in [0.717, 1.165) is 5.56 Å². The molecule has 0 aliphatic rings. The zero-order valence-electron chi connectivity index (χ0n) is 8.12. The van der Waals surface area contributed by atoms with Gasteiger partial charge in [-0.2, -0.15) is 0 Å². The number of carbonyl (C=O) groups is 1. The predicted octanol–water partition coefficient (Wildman–Crippen LogP) is 1.81. The first-order chi connectivity index (χ1) is 7.18. The molecule has 0 atom stereocenters. The number of benzene rings is 1. The van der Waals surface area contributed by atoms with Crippen molar-refractivity contribution in [2.45, 2.75) is 12.8 Å². The van der Waals surface area contributed by atoms with Crippen molar-refractivity contribution in [2.24, 2.45) is 0 Å². The summed E-state index contributed by atoms with van der Waals surface area (Å²) in [6.07, 6.45) is -0.688. The molecule has 1 rings (SSSR count). The molecule has 1 N–H and O–H groups in total. The Morgan fingerprint density at radius 2 is 2.00 bits per heavy atom. The molecule has 0 aromatic heterocycles. The van der Waals surface area contributed by atoms with E-state index in [9.17, 15) is 13.6 Å². The van der Waals surface area contributed by atoms with E-state index in [1.54, 1.807) is 0 Å². The number of carbonyl (C=O) groups excluding carboxylic acids is 1. The number of hydrogen-bond acceptors (Lipinski definition) is 1. The number of hydrogen-bond donors (Lipinski definition) is 1. The standard InChI is InChI=1S/C11H12F2NO/c12-10(13)8-14-11(15)7-6-9-4-2-1-3-5-9/h1-5,7,10H,6,8H2,(H,14,15). The molecule has 1 aromatic carbocycles. The van der Waals surface area contributed by atoms with Crippen LogP contribution in [-0.2, 0) is 11.2 Å². The molecule has 0 spiro atoms. The Kier molecular flexibility index (Phi) is 4.74. The van der Waals surface area contributed by atoms with Gasteiger partial charge in [-0.25, -0.2) is 8.78 Å². The van der Waals surface area contributed by atoms with Crippen LogP contribution in [0.25, 0.3) is 0 Å². The van der Waals surface area contributed by atoms with Gasteiger partial charge in [0, 0.05) is 0 Å². The van der Waals surface area contributed by atoms with E-state index in [1.165, 1.54) is 6.42 Å². The molecule has 1 aromatic rings. The lowest BCUT2D eigenvalue weighted by Gasteiger charge is -2.03. The topological polar surface area (TPSA) is 29.1 Å². The van der Waals surface area contributed by atoms with Crippen LogP contribution >= 0.6 is 0 Å². The molecule has 0 aliphatic heterocycles. The average molecular weight is 212 g/mol. The van der Waals surface area contributed by atoms with Crippen molar-refractivity contribution in [1.82, 2.24) is 5.32 Å². The molecule has 4 heteroatoms. The average Bonchev–Trinajstić information content (AvgIpc) is 2.25. The molecule has 0 aliphatic carbocycles. The minimum Gasteiger partial charge on any atom is -0.350 e. The summed E-state index contributed by atoms with van der Waals surface area (Å²) in [7, 11) is 0. The maximum atomic E-state index is 11.7. The molecule has 2 nitrogen and oxygen atoms in total. The highest BCUT2D eigenvalue weighted by atomic mass is 19.3. The fourth-order valence-electron chi connectivity index (χ4n) is 1.07. The van der Waals surface area contributed by atoms with Crippen LogP contribution in [0.5, 0.6) is 0 Å². The second kappa shape index (κ2) is 6.11. The van der Waals surface area contributed by atoms with Crippen molar-refractivity contribution < 1.29 is 13.6 Å². The van der Waals surface area contributed by atoms with Crippen LogP contribution in [0.2, 0.25) is 0 Å². The summed E-state index contributed by atoms with van der Waals surface area (Å²) >= 11 is 0. The summed E-state index contributed by atoms with van der Waals surface area (Å²) in [5, 5.41) is 2.11. The van der Waals surface area contributed by atoms with Gasteiger partial charge in [0.2, 0.25) is 5.91 Å². The number of amides is 1. The molecular formula is C11H12F2NO. The molecule has 0 heterocycles. The van der Waals surface area contributed by atoms with Gasteiger partial charge in [0.25, 0.3) is 6.43 Å². The Morgan fingerprint density at radius 3 is 2.60 bits per heavy atom. The predicted molar refractivity (Wildman–Crippen MR) is 53.5 cm³/mol. The molecule has 1 radical (unpaired) electrons. The Labute approximate surface area is 87.3 Å². The summed E-state index contributed by atoms with van der Waals surface area (Å²) in [6, 6.07) is 9.34.